The molecule has 0 radical (unpaired) electrons. The van der Waals surface area contributed by atoms with Crippen molar-refractivity contribution in [1.82, 2.24) is 5.32 Å². The molecular weight excluding hydrogens is 150 g/mol. The fourth-order valence-corrected chi connectivity index (χ4v) is 0.773. The molecule has 0 heterocycles. The summed E-state index contributed by atoms with van der Waals surface area (Å²) in [6.07, 6.45) is 1.44. The Morgan fingerprint density at radius 2 is 2.08 bits per heavy atom. The summed E-state index contributed by atoms with van der Waals surface area (Å²) in [5.41, 5.74) is 0. The zero-order chi connectivity index (χ0) is 9.40. The zero-order valence-electron chi connectivity index (χ0n) is 8.11. The molecule has 0 rings (SSSR count). The van der Waals surface area contributed by atoms with E-state index >= 15 is 0 Å². The van der Waals surface area contributed by atoms with Gasteiger partial charge in [0, 0.05) is 12.8 Å². The van der Waals surface area contributed by atoms with Crippen molar-refractivity contribution in [2.45, 2.75) is 33.6 Å². The van der Waals surface area contributed by atoms with Crippen LogP contribution in [-0.4, -0.2) is 12.5 Å². The molecule has 68 valence electrons. The van der Waals surface area contributed by atoms with Gasteiger partial charge >= 0.3 is 0 Å². The van der Waals surface area contributed by atoms with Gasteiger partial charge in [-0.15, -0.1) is 5.92 Å². The molecule has 12 heavy (non-hydrogen) atoms. The number of nitrogens with one attached hydrogen (secondary N) is 1. The Balaban J connectivity index is 3.44. The van der Waals surface area contributed by atoms with Crippen molar-refractivity contribution < 1.29 is 4.79 Å². The SMILES string of the molecule is CCC#CCNC(=O)CC(C)C. The van der Waals surface area contributed by atoms with Gasteiger partial charge in [0.25, 0.3) is 0 Å². The monoisotopic (exact) mass is 167 g/mol. The maximum absolute atomic E-state index is 11.0. The molecule has 0 bridgehead atoms. The van der Waals surface area contributed by atoms with Gasteiger partial charge in [-0.2, -0.15) is 0 Å². The molecule has 1 N–H and O–H groups in total. The van der Waals surface area contributed by atoms with E-state index in [1.807, 2.05) is 20.8 Å². The molecule has 2 nitrogen and oxygen atoms in total. The lowest BCUT2D eigenvalue weighted by Gasteiger charge is -2.02. The fourth-order valence-electron chi connectivity index (χ4n) is 0.773. The maximum atomic E-state index is 11.0. The zero-order valence-corrected chi connectivity index (χ0v) is 8.11. The molecule has 1 amide bonds. The van der Waals surface area contributed by atoms with Crippen molar-refractivity contribution in [3.8, 4) is 11.8 Å². The van der Waals surface area contributed by atoms with Crippen LogP contribution in [0.5, 0.6) is 0 Å². The van der Waals surface area contributed by atoms with Gasteiger partial charge in [-0.25, -0.2) is 0 Å². The highest BCUT2D eigenvalue weighted by Gasteiger charge is 2.01. The van der Waals surface area contributed by atoms with Crippen LogP contribution in [-0.2, 0) is 4.79 Å². The molecule has 0 saturated heterocycles. The fraction of sp³-hybridized carbons (Fsp3) is 0.700. The molecule has 0 atom stereocenters. The van der Waals surface area contributed by atoms with Gasteiger partial charge < -0.3 is 5.32 Å². The van der Waals surface area contributed by atoms with Crippen molar-refractivity contribution in [1.29, 1.82) is 0 Å². The minimum Gasteiger partial charge on any atom is -0.345 e. The van der Waals surface area contributed by atoms with Crippen LogP contribution in [0.1, 0.15) is 33.6 Å². The van der Waals surface area contributed by atoms with Crippen LogP contribution in [0.15, 0.2) is 0 Å². The molecule has 0 aliphatic heterocycles. The van der Waals surface area contributed by atoms with Crippen LogP contribution in [0.4, 0.5) is 0 Å². The van der Waals surface area contributed by atoms with E-state index in [9.17, 15) is 4.79 Å². The number of carbonyl (C=O) groups is 1. The molecule has 0 aromatic heterocycles. The molecular formula is C10H17NO. The molecule has 0 aliphatic carbocycles. The van der Waals surface area contributed by atoms with E-state index in [0.717, 1.165) is 6.42 Å². The first-order valence-electron chi connectivity index (χ1n) is 4.39. The third-order valence-corrected chi connectivity index (χ3v) is 1.27. The summed E-state index contributed by atoms with van der Waals surface area (Å²) < 4.78 is 0. The molecule has 0 aliphatic rings. The summed E-state index contributed by atoms with van der Waals surface area (Å²) in [5, 5.41) is 2.74. The lowest BCUT2D eigenvalue weighted by molar-refractivity contribution is -0.121. The van der Waals surface area contributed by atoms with E-state index in [-0.39, 0.29) is 5.91 Å². The lowest BCUT2D eigenvalue weighted by atomic mass is 10.1. The van der Waals surface area contributed by atoms with Gasteiger partial charge in [0.1, 0.15) is 0 Å². The maximum Gasteiger partial charge on any atom is 0.221 e. The summed E-state index contributed by atoms with van der Waals surface area (Å²) in [5.74, 6) is 6.26. The Labute approximate surface area is 74.7 Å². The van der Waals surface area contributed by atoms with Gasteiger partial charge in [0.15, 0.2) is 0 Å². The van der Waals surface area contributed by atoms with Crippen molar-refractivity contribution >= 4 is 5.91 Å². The highest BCUT2D eigenvalue weighted by Crippen LogP contribution is 1.97. The number of amides is 1. The quantitative estimate of drug-likeness (QED) is 0.635. The first-order chi connectivity index (χ1) is 5.66. The van der Waals surface area contributed by atoms with Crippen LogP contribution < -0.4 is 5.32 Å². The minimum atomic E-state index is 0.0930. The lowest BCUT2D eigenvalue weighted by Crippen LogP contribution is -2.24. The highest BCUT2D eigenvalue weighted by molar-refractivity contribution is 5.76. The van der Waals surface area contributed by atoms with Crippen molar-refractivity contribution in [2.75, 3.05) is 6.54 Å². The van der Waals surface area contributed by atoms with Crippen molar-refractivity contribution in [3.63, 3.8) is 0 Å². The molecule has 2 heteroatoms. The summed E-state index contributed by atoms with van der Waals surface area (Å²) in [4.78, 5) is 11.0. The van der Waals surface area contributed by atoms with Crippen molar-refractivity contribution in [2.24, 2.45) is 5.92 Å². The van der Waals surface area contributed by atoms with Gasteiger partial charge in [-0.05, 0) is 5.92 Å². The van der Waals surface area contributed by atoms with Crippen LogP contribution in [0.2, 0.25) is 0 Å². The number of rotatable bonds is 3. The summed E-state index contributed by atoms with van der Waals surface area (Å²) in [6.45, 7) is 6.52. The summed E-state index contributed by atoms with van der Waals surface area (Å²) >= 11 is 0. The largest absolute Gasteiger partial charge is 0.345 e. The number of hydrogen-bond donors (Lipinski definition) is 1. The normalized spacial score (nSPS) is 9.00. The average molecular weight is 167 g/mol. The molecule has 0 aromatic carbocycles. The highest BCUT2D eigenvalue weighted by atomic mass is 16.1. The number of carbonyl (C=O) groups excluding carboxylic acids is 1. The topological polar surface area (TPSA) is 29.1 Å². The summed E-state index contributed by atoms with van der Waals surface area (Å²) in [7, 11) is 0. The molecule has 0 aromatic rings. The molecule has 0 unspecified atom stereocenters. The first-order valence-corrected chi connectivity index (χ1v) is 4.39. The van der Waals surface area contributed by atoms with Gasteiger partial charge in [0.05, 0.1) is 6.54 Å². The van der Waals surface area contributed by atoms with Gasteiger partial charge in [0.2, 0.25) is 5.91 Å². The second-order valence-electron chi connectivity index (χ2n) is 3.08. The smallest absolute Gasteiger partial charge is 0.221 e. The molecule has 0 fully saturated rings. The van der Waals surface area contributed by atoms with Crippen LogP contribution in [0.3, 0.4) is 0 Å². The third-order valence-electron chi connectivity index (χ3n) is 1.27. The van der Waals surface area contributed by atoms with E-state index in [0.29, 0.717) is 18.9 Å². The van der Waals surface area contributed by atoms with E-state index in [2.05, 4.69) is 17.2 Å². The average Bonchev–Trinajstić information content (AvgIpc) is 1.97. The Kier molecular flexibility index (Phi) is 6.18. The standard InChI is InChI=1S/C10H17NO/c1-4-5-6-7-11-10(12)8-9(2)3/h9H,4,7-8H2,1-3H3,(H,11,12). The predicted molar refractivity (Wildman–Crippen MR) is 50.5 cm³/mol. The Morgan fingerprint density at radius 1 is 1.42 bits per heavy atom. The van der Waals surface area contributed by atoms with Crippen LogP contribution in [0, 0.1) is 17.8 Å². The predicted octanol–water partition coefficient (Wildman–Crippen LogP) is 1.56. The second-order valence-corrected chi connectivity index (χ2v) is 3.08. The van der Waals surface area contributed by atoms with E-state index in [1.54, 1.807) is 0 Å². The van der Waals surface area contributed by atoms with E-state index < -0.39 is 0 Å². The van der Waals surface area contributed by atoms with E-state index in [1.165, 1.54) is 0 Å². The van der Waals surface area contributed by atoms with E-state index in [4.69, 9.17) is 0 Å². The summed E-state index contributed by atoms with van der Waals surface area (Å²) in [6, 6.07) is 0. The Morgan fingerprint density at radius 3 is 2.58 bits per heavy atom. The first kappa shape index (κ1) is 11.0. The van der Waals surface area contributed by atoms with Crippen LogP contribution >= 0.6 is 0 Å². The van der Waals surface area contributed by atoms with Gasteiger partial charge in [-0.3, -0.25) is 4.79 Å². The Hall–Kier alpha value is -0.970. The van der Waals surface area contributed by atoms with Crippen LogP contribution in [0.25, 0.3) is 0 Å². The second kappa shape index (κ2) is 6.72. The molecule has 0 spiro atoms. The van der Waals surface area contributed by atoms with Crippen molar-refractivity contribution in [3.05, 3.63) is 0 Å². The Bertz CT molecular complexity index is 186. The third kappa shape index (κ3) is 7.14. The number of hydrogen-bond acceptors (Lipinski definition) is 1. The van der Waals surface area contributed by atoms with Gasteiger partial charge in [-0.1, -0.05) is 26.7 Å². The molecule has 0 saturated carbocycles. The minimum absolute atomic E-state index is 0.0930.